The van der Waals surface area contributed by atoms with E-state index < -0.39 is 0 Å². The molecule has 1 aromatic heterocycles. The van der Waals surface area contributed by atoms with Crippen molar-refractivity contribution in [3.05, 3.63) is 34.4 Å². The standard InChI is InChI=1S/C12H12BrNO2/c1-8(16-7-15)4-11-6-9-5-10(13)2-3-12(9)14-11/h2-3,5-8,14H,4H2,1H3. The molecule has 2 rings (SSSR count). The van der Waals surface area contributed by atoms with E-state index in [9.17, 15) is 4.79 Å². The second kappa shape index (κ2) is 4.70. The lowest BCUT2D eigenvalue weighted by Crippen LogP contribution is -2.10. The van der Waals surface area contributed by atoms with Crippen molar-refractivity contribution in [1.29, 1.82) is 0 Å². The van der Waals surface area contributed by atoms with Gasteiger partial charge < -0.3 is 9.72 Å². The van der Waals surface area contributed by atoms with Gasteiger partial charge in [-0.3, -0.25) is 4.79 Å². The smallest absolute Gasteiger partial charge is 0.293 e. The van der Waals surface area contributed by atoms with Gasteiger partial charge in [0, 0.05) is 27.5 Å². The highest BCUT2D eigenvalue weighted by Crippen LogP contribution is 2.21. The second-order valence-corrected chi connectivity index (χ2v) is 4.69. The molecule has 4 heteroatoms. The van der Waals surface area contributed by atoms with E-state index in [2.05, 4.69) is 33.0 Å². The zero-order chi connectivity index (χ0) is 11.5. The van der Waals surface area contributed by atoms with Crippen LogP contribution in [-0.4, -0.2) is 17.6 Å². The first-order valence-electron chi connectivity index (χ1n) is 5.05. The SMILES string of the molecule is CC(Cc1cc2cc(Br)ccc2[nH]1)OC=O. The van der Waals surface area contributed by atoms with Gasteiger partial charge in [0.25, 0.3) is 6.47 Å². The number of hydrogen-bond donors (Lipinski definition) is 1. The number of ether oxygens (including phenoxy) is 1. The van der Waals surface area contributed by atoms with Crippen molar-refractivity contribution in [2.75, 3.05) is 0 Å². The number of rotatable bonds is 4. The van der Waals surface area contributed by atoms with Gasteiger partial charge in [0.15, 0.2) is 0 Å². The van der Waals surface area contributed by atoms with Crippen molar-refractivity contribution >= 4 is 33.3 Å². The van der Waals surface area contributed by atoms with Crippen LogP contribution in [0.15, 0.2) is 28.7 Å². The minimum absolute atomic E-state index is 0.103. The van der Waals surface area contributed by atoms with Crippen LogP contribution in [0.25, 0.3) is 10.9 Å². The van der Waals surface area contributed by atoms with Crippen LogP contribution in [0.3, 0.4) is 0 Å². The molecule has 0 bridgehead atoms. The zero-order valence-corrected chi connectivity index (χ0v) is 10.5. The summed E-state index contributed by atoms with van der Waals surface area (Å²) >= 11 is 3.43. The lowest BCUT2D eigenvalue weighted by atomic mass is 10.2. The maximum atomic E-state index is 10.2. The molecule has 1 aromatic carbocycles. The molecule has 2 aromatic rings. The first kappa shape index (κ1) is 11.2. The molecule has 16 heavy (non-hydrogen) atoms. The summed E-state index contributed by atoms with van der Waals surface area (Å²) < 4.78 is 5.91. The molecule has 0 aliphatic rings. The largest absolute Gasteiger partial charge is 0.464 e. The lowest BCUT2D eigenvalue weighted by Gasteiger charge is -2.06. The van der Waals surface area contributed by atoms with Crippen LogP contribution in [0.5, 0.6) is 0 Å². The van der Waals surface area contributed by atoms with E-state index in [-0.39, 0.29) is 6.10 Å². The van der Waals surface area contributed by atoms with E-state index in [1.54, 1.807) is 0 Å². The molecular weight excluding hydrogens is 270 g/mol. The Bertz CT molecular complexity index is 507. The Labute approximate surface area is 102 Å². The fourth-order valence-corrected chi connectivity index (χ4v) is 2.10. The number of carbonyl (C=O) groups is 1. The average Bonchev–Trinajstić information content (AvgIpc) is 2.59. The zero-order valence-electron chi connectivity index (χ0n) is 8.87. The highest BCUT2D eigenvalue weighted by molar-refractivity contribution is 9.10. The summed E-state index contributed by atoms with van der Waals surface area (Å²) in [7, 11) is 0. The van der Waals surface area contributed by atoms with Crippen LogP contribution in [-0.2, 0) is 16.0 Å². The van der Waals surface area contributed by atoms with E-state index in [1.165, 1.54) is 0 Å². The van der Waals surface area contributed by atoms with Gasteiger partial charge in [-0.1, -0.05) is 15.9 Å². The highest BCUT2D eigenvalue weighted by atomic mass is 79.9. The number of benzene rings is 1. The average molecular weight is 282 g/mol. The van der Waals surface area contributed by atoms with Crippen molar-refractivity contribution in [3.63, 3.8) is 0 Å². The number of aromatic amines is 1. The van der Waals surface area contributed by atoms with Crippen molar-refractivity contribution in [2.24, 2.45) is 0 Å². The maximum Gasteiger partial charge on any atom is 0.293 e. The molecule has 1 unspecified atom stereocenters. The predicted molar refractivity (Wildman–Crippen MR) is 66.3 cm³/mol. The molecule has 0 aliphatic heterocycles. The molecular formula is C12H12BrNO2. The number of H-pyrrole nitrogens is 1. The van der Waals surface area contributed by atoms with E-state index in [1.807, 2.05) is 19.1 Å². The quantitative estimate of drug-likeness (QED) is 0.876. The minimum Gasteiger partial charge on any atom is -0.464 e. The molecule has 1 heterocycles. The van der Waals surface area contributed by atoms with Crippen LogP contribution >= 0.6 is 15.9 Å². The summed E-state index contributed by atoms with van der Waals surface area (Å²) in [6, 6.07) is 8.15. The van der Waals surface area contributed by atoms with Gasteiger partial charge in [-0.2, -0.15) is 0 Å². The lowest BCUT2D eigenvalue weighted by molar-refractivity contribution is -0.132. The van der Waals surface area contributed by atoms with Crippen molar-refractivity contribution in [3.8, 4) is 0 Å². The minimum atomic E-state index is -0.103. The number of aromatic nitrogens is 1. The number of nitrogens with one attached hydrogen (secondary N) is 1. The van der Waals surface area contributed by atoms with E-state index in [0.717, 1.165) is 21.1 Å². The Kier molecular flexibility index (Phi) is 3.29. The molecule has 0 spiro atoms. The normalized spacial score (nSPS) is 12.6. The van der Waals surface area contributed by atoms with E-state index in [0.29, 0.717) is 12.9 Å². The topological polar surface area (TPSA) is 42.1 Å². The fraction of sp³-hybridized carbons (Fsp3) is 0.250. The van der Waals surface area contributed by atoms with Crippen molar-refractivity contribution < 1.29 is 9.53 Å². The third-order valence-electron chi connectivity index (χ3n) is 2.43. The van der Waals surface area contributed by atoms with Gasteiger partial charge >= 0.3 is 0 Å². The molecule has 0 fully saturated rings. The molecule has 0 radical (unpaired) electrons. The van der Waals surface area contributed by atoms with Crippen LogP contribution in [0, 0.1) is 0 Å². The van der Waals surface area contributed by atoms with Gasteiger partial charge in [0.1, 0.15) is 6.10 Å². The summed E-state index contributed by atoms with van der Waals surface area (Å²) in [5.41, 5.74) is 2.17. The molecule has 0 amide bonds. The predicted octanol–water partition coefficient (Wildman–Crippen LogP) is 3.03. The van der Waals surface area contributed by atoms with Crippen LogP contribution in [0.2, 0.25) is 0 Å². The summed E-state index contributed by atoms with van der Waals surface area (Å²) in [4.78, 5) is 13.5. The van der Waals surface area contributed by atoms with Gasteiger partial charge in [-0.15, -0.1) is 0 Å². The molecule has 1 N–H and O–H groups in total. The first-order valence-corrected chi connectivity index (χ1v) is 5.84. The molecule has 0 aliphatic carbocycles. The first-order chi connectivity index (χ1) is 7.69. The fourth-order valence-electron chi connectivity index (χ4n) is 1.73. The summed E-state index contributed by atoms with van der Waals surface area (Å²) in [5.74, 6) is 0. The van der Waals surface area contributed by atoms with Crippen LogP contribution < -0.4 is 0 Å². The number of halogens is 1. The van der Waals surface area contributed by atoms with Gasteiger partial charge in [0.2, 0.25) is 0 Å². The molecule has 0 saturated carbocycles. The molecule has 1 atom stereocenters. The van der Waals surface area contributed by atoms with Gasteiger partial charge in [-0.05, 0) is 31.2 Å². The van der Waals surface area contributed by atoms with Crippen molar-refractivity contribution in [1.82, 2.24) is 4.98 Å². The Balaban J connectivity index is 2.22. The molecule has 3 nitrogen and oxygen atoms in total. The second-order valence-electron chi connectivity index (χ2n) is 3.77. The number of fused-ring (bicyclic) bond motifs is 1. The highest BCUT2D eigenvalue weighted by Gasteiger charge is 2.06. The Hall–Kier alpha value is -1.29. The summed E-state index contributed by atoms with van der Waals surface area (Å²) in [5, 5.41) is 1.16. The van der Waals surface area contributed by atoms with Crippen LogP contribution in [0.4, 0.5) is 0 Å². The third-order valence-corrected chi connectivity index (χ3v) is 2.93. The third kappa shape index (κ3) is 2.44. The van der Waals surface area contributed by atoms with E-state index in [4.69, 9.17) is 4.74 Å². The monoisotopic (exact) mass is 281 g/mol. The maximum absolute atomic E-state index is 10.2. The molecule has 84 valence electrons. The molecule has 0 saturated heterocycles. The Morgan fingerprint density at radius 1 is 1.50 bits per heavy atom. The number of hydrogen-bond acceptors (Lipinski definition) is 2. The Morgan fingerprint density at radius 3 is 3.06 bits per heavy atom. The summed E-state index contributed by atoms with van der Waals surface area (Å²) in [6.07, 6.45) is 0.597. The number of carbonyl (C=O) groups excluding carboxylic acids is 1. The Morgan fingerprint density at radius 2 is 2.31 bits per heavy atom. The van der Waals surface area contributed by atoms with Crippen molar-refractivity contribution in [2.45, 2.75) is 19.4 Å². The van der Waals surface area contributed by atoms with Crippen LogP contribution in [0.1, 0.15) is 12.6 Å². The van der Waals surface area contributed by atoms with E-state index >= 15 is 0 Å². The summed E-state index contributed by atoms with van der Waals surface area (Å²) in [6.45, 7) is 2.36. The van der Waals surface area contributed by atoms with Gasteiger partial charge in [-0.25, -0.2) is 0 Å². The van der Waals surface area contributed by atoms with Gasteiger partial charge in [0.05, 0.1) is 0 Å².